The van der Waals surface area contributed by atoms with E-state index in [2.05, 4.69) is 22.8 Å². The fourth-order valence-electron chi connectivity index (χ4n) is 2.48. The highest BCUT2D eigenvalue weighted by Gasteiger charge is 2.22. The van der Waals surface area contributed by atoms with Crippen LogP contribution in [0.15, 0.2) is 12.1 Å². The lowest BCUT2D eigenvalue weighted by Gasteiger charge is -2.27. The van der Waals surface area contributed by atoms with E-state index in [1.165, 1.54) is 17.7 Å². The van der Waals surface area contributed by atoms with Gasteiger partial charge in [0.25, 0.3) is 0 Å². The SMILES string of the molecule is CNCCC1CCc2cc3c(cc2N1)OCO3. The number of nitrogens with one attached hydrogen (secondary N) is 2. The van der Waals surface area contributed by atoms with E-state index in [1.807, 2.05) is 7.05 Å². The molecular formula is C13H18N2O2. The minimum Gasteiger partial charge on any atom is -0.454 e. The van der Waals surface area contributed by atoms with Gasteiger partial charge in [0.05, 0.1) is 0 Å². The Hall–Kier alpha value is -1.42. The van der Waals surface area contributed by atoms with Crippen molar-refractivity contribution in [1.29, 1.82) is 0 Å². The summed E-state index contributed by atoms with van der Waals surface area (Å²) in [6.07, 6.45) is 3.46. The second-order valence-corrected chi connectivity index (χ2v) is 4.63. The Morgan fingerprint density at radius 1 is 1.35 bits per heavy atom. The van der Waals surface area contributed by atoms with Crippen molar-refractivity contribution in [2.45, 2.75) is 25.3 Å². The largest absolute Gasteiger partial charge is 0.454 e. The molecule has 2 N–H and O–H groups in total. The summed E-state index contributed by atoms with van der Waals surface area (Å²) < 4.78 is 10.8. The van der Waals surface area contributed by atoms with Crippen LogP contribution in [0.1, 0.15) is 18.4 Å². The third-order valence-corrected chi connectivity index (χ3v) is 3.46. The van der Waals surface area contributed by atoms with Gasteiger partial charge < -0.3 is 20.1 Å². The highest BCUT2D eigenvalue weighted by atomic mass is 16.7. The molecule has 4 nitrogen and oxygen atoms in total. The van der Waals surface area contributed by atoms with Crippen LogP contribution in [0.2, 0.25) is 0 Å². The first-order valence-corrected chi connectivity index (χ1v) is 6.20. The van der Waals surface area contributed by atoms with E-state index in [0.29, 0.717) is 12.8 Å². The average Bonchev–Trinajstić information content (AvgIpc) is 2.80. The Kier molecular flexibility index (Phi) is 2.81. The molecule has 92 valence electrons. The quantitative estimate of drug-likeness (QED) is 0.836. The number of hydrogen-bond acceptors (Lipinski definition) is 4. The molecular weight excluding hydrogens is 216 g/mol. The molecule has 17 heavy (non-hydrogen) atoms. The van der Waals surface area contributed by atoms with Crippen molar-refractivity contribution >= 4 is 5.69 Å². The van der Waals surface area contributed by atoms with Gasteiger partial charge in [-0.15, -0.1) is 0 Å². The fourth-order valence-corrected chi connectivity index (χ4v) is 2.48. The summed E-state index contributed by atoms with van der Waals surface area (Å²) in [5, 5.41) is 6.78. The van der Waals surface area contributed by atoms with Crippen molar-refractivity contribution in [3.05, 3.63) is 17.7 Å². The Morgan fingerprint density at radius 3 is 3.00 bits per heavy atom. The predicted molar refractivity (Wildman–Crippen MR) is 66.8 cm³/mol. The number of anilines is 1. The Bertz CT molecular complexity index is 420. The van der Waals surface area contributed by atoms with Gasteiger partial charge >= 0.3 is 0 Å². The molecule has 2 aliphatic heterocycles. The molecule has 0 amide bonds. The van der Waals surface area contributed by atoms with Crippen LogP contribution >= 0.6 is 0 Å². The topological polar surface area (TPSA) is 42.5 Å². The van der Waals surface area contributed by atoms with E-state index < -0.39 is 0 Å². The number of aryl methyl sites for hydroxylation is 1. The summed E-state index contributed by atoms with van der Waals surface area (Å²) in [6, 6.07) is 4.75. The maximum atomic E-state index is 5.41. The Labute approximate surface area is 101 Å². The minimum absolute atomic E-state index is 0.349. The molecule has 0 radical (unpaired) electrons. The lowest BCUT2D eigenvalue weighted by Crippen LogP contribution is -2.28. The van der Waals surface area contributed by atoms with Gasteiger partial charge in [-0.25, -0.2) is 0 Å². The smallest absolute Gasteiger partial charge is 0.231 e. The monoisotopic (exact) mass is 234 g/mol. The predicted octanol–water partition coefficient (Wildman–Crippen LogP) is 1.75. The third-order valence-electron chi connectivity index (χ3n) is 3.46. The van der Waals surface area contributed by atoms with Crippen LogP contribution in [0.4, 0.5) is 5.69 Å². The third kappa shape index (κ3) is 2.05. The van der Waals surface area contributed by atoms with Gasteiger partial charge in [0.15, 0.2) is 11.5 Å². The summed E-state index contributed by atoms with van der Waals surface area (Å²) in [5.74, 6) is 1.75. The highest BCUT2D eigenvalue weighted by molar-refractivity contribution is 5.62. The van der Waals surface area contributed by atoms with Crippen molar-refractivity contribution in [2.75, 3.05) is 25.7 Å². The van der Waals surface area contributed by atoms with Gasteiger partial charge in [0, 0.05) is 17.8 Å². The summed E-state index contributed by atoms with van der Waals surface area (Å²) in [4.78, 5) is 0. The van der Waals surface area contributed by atoms with Gasteiger partial charge in [-0.1, -0.05) is 0 Å². The Morgan fingerprint density at radius 2 is 2.18 bits per heavy atom. The van der Waals surface area contributed by atoms with E-state index in [1.54, 1.807) is 0 Å². The molecule has 0 bridgehead atoms. The molecule has 0 spiro atoms. The minimum atomic E-state index is 0.349. The fraction of sp³-hybridized carbons (Fsp3) is 0.538. The lowest BCUT2D eigenvalue weighted by atomic mass is 9.96. The lowest BCUT2D eigenvalue weighted by molar-refractivity contribution is 0.174. The van der Waals surface area contributed by atoms with Gasteiger partial charge in [0.1, 0.15) is 0 Å². The number of hydrogen-bond donors (Lipinski definition) is 2. The van der Waals surface area contributed by atoms with Crippen LogP contribution < -0.4 is 20.1 Å². The Balaban J connectivity index is 1.78. The molecule has 0 aromatic heterocycles. The highest BCUT2D eigenvalue weighted by Crippen LogP contribution is 2.39. The number of fused-ring (bicyclic) bond motifs is 2. The van der Waals surface area contributed by atoms with Crippen molar-refractivity contribution < 1.29 is 9.47 Å². The molecule has 1 aromatic carbocycles. The first-order chi connectivity index (χ1) is 8.36. The van der Waals surface area contributed by atoms with Crippen molar-refractivity contribution in [2.24, 2.45) is 0 Å². The molecule has 0 aliphatic carbocycles. The van der Waals surface area contributed by atoms with Gasteiger partial charge in [0.2, 0.25) is 6.79 Å². The van der Waals surface area contributed by atoms with Crippen LogP contribution in [0, 0.1) is 0 Å². The molecule has 1 unspecified atom stereocenters. The van der Waals surface area contributed by atoms with E-state index in [-0.39, 0.29) is 0 Å². The molecule has 4 heteroatoms. The van der Waals surface area contributed by atoms with Crippen molar-refractivity contribution in [3.63, 3.8) is 0 Å². The van der Waals surface area contributed by atoms with Crippen LogP contribution in [0.3, 0.4) is 0 Å². The van der Waals surface area contributed by atoms with Crippen LogP contribution in [-0.4, -0.2) is 26.4 Å². The zero-order valence-electron chi connectivity index (χ0n) is 10.1. The molecule has 0 saturated heterocycles. The molecule has 0 saturated carbocycles. The zero-order chi connectivity index (χ0) is 11.7. The van der Waals surface area contributed by atoms with Gasteiger partial charge in [-0.05, 0) is 44.5 Å². The number of rotatable bonds is 3. The molecule has 3 rings (SSSR count). The van der Waals surface area contributed by atoms with E-state index in [9.17, 15) is 0 Å². The standard InChI is InChI=1S/C13H18N2O2/c1-14-5-4-10-3-2-9-6-12-13(17-8-16-12)7-11(9)15-10/h6-7,10,14-15H,2-5,8H2,1H3. The molecule has 0 fully saturated rings. The molecule has 2 aliphatic rings. The normalized spacial score (nSPS) is 20.9. The first-order valence-electron chi connectivity index (χ1n) is 6.20. The van der Waals surface area contributed by atoms with E-state index in [0.717, 1.165) is 30.9 Å². The number of ether oxygens (including phenoxy) is 2. The second kappa shape index (κ2) is 4.45. The average molecular weight is 234 g/mol. The van der Waals surface area contributed by atoms with Crippen LogP contribution in [0.25, 0.3) is 0 Å². The maximum Gasteiger partial charge on any atom is 0.231 e. The van der Waals surface area contributed by atoms with E-state index in [4.69, 9.17) is 9.47 Å². The van der Waals surface area contributed by atoms with Gasteiger partial charge in [-0.2, -0.15) is 0 Å². The summed E-state index contributed by atoms with van der Waals surface area (Å²) in [5.41, 5.74) is 2.55. The summed E-state index contributed by atoms with van der Waals surface area (Å²) >= 11 is 0. The maximum absolute atomic E-state index is 5.41. The van der Waals surface area contributed by atoms with Crippen LogP contribution in [0.5, 0.6) is 11.5 Å². The summed E-state index contributed by atoms with van der Waals surface area (Å²) in [6.45, 7) is 1.40. The van der Waals surface area contributed by atoms with Crippen molar-refractivity contribution in [1.82, 2.24) is 5.32 Å². The van der Waals surface area contributed by atoms with Crippen molar-refractivity contribution in [3.8, 4) is 11.5 Å². The second-order valence-electron chi connectivity index (χ2n) is 4.63. The molecule has 2 heterocycles. The summed E-state index contributed by atoms with van der Waals surface area (Å²) in [7, 11) is 1.99. The molecule has 1 aromatic rings. The number of benzene rings is 1. The first kappa shape index (κ1) is 10.7. The zero-order valence-corrected chi connectivity index (χ0v) is 10.1. The van der Waals surface area contributed by atoms with Gasteiger partial charge in [-0.3, -0.25) is 0 Å². The van der Waals surface area contributed by atoms with Crippen LogP contribution in [-0.2, 0) is 6.42 Å². The van der Waals surface area contributed by atoms with E-state index >= 15 is 0 Å². The molecule has 1 atom stereocenters.